The highest BCUT2D eigenvalue weighted by atomic mass is 16.6. The standard InChI is InChI=1S/C9H11NO3/c11-3-10-4-1-6-9(12-6)5(10)2-7-8(4)13-7/h3-9H,1-2H2/t4-,5-,6+,7+,8-,9-/m1/s1. The zero-order chi connectivity index (χ0) is 8.58. The van der Waals surface area contributed by atoms with Gasteiger partial charge in [-0.2, -0.15) is 0 Å². The normalized spacial score (nSPS) is 60.8. The van der Waals surface area contributed by atoms with Crippen LogP contribution < -0.4 is 0 Å². The summed E-state index contributed by atoms with van der Waals surface area (Å²) in [5, 5.41) is 0. The predicted octanol–water partition coefficient (Wildman–Crippen LogP) is -0.476. The van der Waals surface area contributed by atoms with Crippen molar-refractivity contribution in [1.82, 2.24) is 4.90 Å². The van der Waals surface area contributed by atoms with Gasteiger partial charge < -0.3 is 14.4 Å². The summed E-state index contributed by atoms with van der Waals surface area (Å²) in [6.45, 7) is 0. The van der Waals surface area contributed by atoms with Crippen molar-refractivity contribution in [3.05, 3.63) is 0 Å². The maximum absolute atomic E-state index is 10.9. The average molecular weight is 181 g/mol. The molecule has 4 aliphatic rings. The van der Waals surface area contributed by atoms with Crippen molar-refractivity contribution >= 4 is 6.41 Å². The smallest absolute Gasteiger partial charge is 0.210 e. The summed E-state index contributed by atoms with van der Waals surface area (Å²) in [7, 11) is 0. The van der Waals surface area contributed by atoms with Crippen LogP contribution in [0.2, 0.25) is 0 Å². The summed E-state index contributed by atoms with van der Waals surface area (Å²) in [4.78, 5) is 12.8. The lowest BCUT2D eigenvalue weighted by Gasteiger charge is -2.39. The number of piperidine rings is 2. The molecule has 0 unspecified atom stereocenters. The number of carbonyl (C=O) groups is 1. The van der Waals surface area contributed by atoms with Crippen LogP contribution in [-0.2, 0) is 14.3 Å². The van der Waals surface area contributed by atoms with Crippen LogP contribution in [-0.4, -0.2) is 47.8 Å². The van der Waals surface area contributed by atoms with Crippen molar-refractivity contribution in [2.24, 2.45) is 0 Å². The Bertz CT molecular complexity index is 258. The predicted molar refractivity (Wildman–Crippen MR) is 42.0 cm³/mol. The van der Waals surface area contributed by atoms with E-state index < -0.39 is 0 Å². The first-order valence-corrected chi connectivity index (χ1v) is 4.92. The summed E-state index contributed by atoms with van der Waals surface area (Å²) in [6, 6.07) is 0.620. The van der Waals surface area contributed by atoms with Gasteiger partial charge in [-0.25, -0.2) is 0 Å². The maximum Gasteiger partial charge on any atom is 0.210 e. The van der Waals surface area contributed by atoms with Crippen molar-refractivity contribution < 1.29 is 14.3 Å². The summed E-state index contributed by atoms with van der Waals surface area (Å²) in [5.74, 6) is 0. The Morgan fingerprint density at radius 3 is 2.08 bits per heavy atom. The molecule has 0 aromatic carbocycles. The minimum absolute atomic E-state index is 0.310. The Morgan fingerprint density at radius 1 is 1.08 bits per heavy atom. The molecule has 4 saturated heterocycles. The SMILES string of the molecule is O=CN1[C@@H]2C[C@@H]3O[C@@H]3[C@H]1C[C@@H]1O[C@@H]12. The van der Waals surface area contributed by atoms with Gasteiger partial charge >= 0.3 is 0 Å². The third-order valence-corrected chi connectivity index (χ3v) is 3.84. The number of amides is 1. The Kier molecular flexibility index (Phi) is 0.996. The van der Waals surface area contributed by atoms with Gasteiger partial charge in [0, 0.05) is 0 Å². The van der Waals surface area contributed by atoms with E-state index in [-0.39, 0.29) is 0 Å². The molecule has 4 aliphatic heterocycles. The van der Waals surface area contributed by atoms with E-state index >= 15 is 0 Å². The molecule has 4 heterocycles. The number of epoxide rings is 2. The highest BCUT2D eigenvalue weighted by Gasteiger charge is 2.64. The molecule has 70 valence electrons. The van der Waals surface area contributed by atoms with E-state index in [2.05, 4.69) is 0 Å². The summed E-state index contributed by atoms with van der Waals surface area (Å²) in [6.07, 6.45) is 4.46. The van der Waals surface area contributed by atoms with E-state index in [1.54, 1.807) is 0 Å². The van der Waals surface area contributed by atoms with Crippen molar-refractivity contribution in [2.45, 2.75) is 49.3 Å². The van der Waals surface area contributed by atoms with Crippen molar-refractivity contribution in [3.63, 3.8) is 0 Å². The zero-order valence-electron chi connectivity index (χ0n) is 7.13. The Labute approximate surface area is 75.8 Å². The molecule has 4 fully saturated rings. The monoisotopic (exact) mass is 181 g/mol. The molecule has 4 rings (SSSR count). The van der Waals surface area contributed by atoms with Gasteiger partial charge in [-0.3, -0.25) is 4.79 Å². The first kappa shape index (κ1) is 6.79. The van der Waals surface area contributed by atoms with Gasteiger partial charge in [0.15, 0.2) is 0 Å². The molecule has 6 atom stereocenters. The Balaban J connectivity index is 1.73. The van der Waals surface area contributed by atoms with Gasteiger partial charge in [0.25, 0.3) is 0 Å². The van der Waals surface area contributed by atoms with E-state index in [1.807, 2.05) is 4.90 Å². The lowest BCUT2D eigenvalue weighted by molar-refractivity contribution is -0.125. The second-order valence-corrected chi connectivity index (χ2v) is 4.44. The quantitative estimate of drug-likeness (QED) is 0.405. The molecule has 0 aromatic heterocycles. The van der Waals surface area contributed by atoms with E-state index in [9.17, 15) is 4.79 Å². The molecule has 0 saturated carbocycles. The van der Waals surface area contributed by atoms with Gasteiger partial charge in [0.1, 0.15) is 12.2 Å². The van der Waals surface area contributed by atoms with Crippen molar-refractivity contribution in [2.75, 3.05) is 0 Å². The van der Waals surface area contributed by atoms with Crippen LogP contribution in [0.25, 0.3) is 0 Å². The van der Waals surface area contributed by atoms with Crippen LogP contribution in [0.15, 0.2) is 0 Å². The topological polar surface area (TPSA) is 45.4 Å². The molecule has 1 amide bonds. The fraction of sp³-hybridized carbons (Fsp3) is 0.889. The average Bonchev–Trinajstić information content (AvgIpc) is 2.93. The molecule has 4 nitrogen and oxygen atoms in total. The molecule has 0 N–H and O–H groups in total. The van der Waals surface area contributed by atoms with Gasteiger partial charge in [0.2, 0.25) is 6.41 Å². The first-order valence-electron chi connectivity index (χ1n) is 4.92. The third kappa shape index (κ3) is 0.718. The van der Waals surface area contributed by atoms with E-state index in [4.69, 9.17) is 9.47 Å². The number of nitrogens with zero attached hydrogens (tertiary/aromatic N) is 1. The summed E-state index contributed by atoms with van der Waals surface area (Å²) in [5.41, 5.74) is 0. The largest absolute Gasteiger partial charge is 0.367 e. The third-order valence-electron chi connectivity index (χ3n) is 3.84. The highest BCUT2D eigenvalue weighted by molar-refractivity contribution is 5.51. The number of carbonyl (C=O) groups excluding carboxylic acids is 1. The minimum Gasteiger partial charge on any atom is -0.367 e. The van der Waals surface area contributed by atoms with Gasteiger partial charge in [-0.05, 0) is 12.8 Å². The van der Waals surface area contributed by atoms with E-state index in [1.165, 1.54) is 0 Å². The fourth-order valence-corrected chi connectivity index (χ4v) is 3.10. The second-order valence-electron chi connectivity index (χ2n) is 4.44. The van der Waals surface area contributed by atoms with Crippen molar-refractivity contribution in [1.29, 1.82) is 0 Å². The maximum atomic E-state index is 10.9. The van der Waals surface area contributed by atoms with Crippen LogP contribution in [0, 0.1) is 0 Å². The van der Waals surface area contributed by atoms with E-state index in [0.29, 0.717) is 36.5 Å². The van der Waals surface area contributed by atoms with Crippen LogP contribution in [0.1, 0.15) is 12.8 Å². The van der Waals surface area contributed by atoms with Crippen LogP contribution in [0.3, 0.4) is 0 Å². The molecule has 2 bridgehead atoms. The number of hydrogen-bond acceptors (Lipinski definition) is 3. The first-order chi connectivity index (χ1) is 6.38. The lowest BCUT2D eigenvalue weighted by Crippen LogP contribution is -2.56. The molecule has 0 spiro atoms. The second kappa shape index (κ2) is 1.91. The molecule has 13 heavy (non-hydrogen) atoms. The number of rotatable bonds is 1. The molecular formula is C9H11NO3. The van der Waals surface area contributed by atoms with Crippen LogP contribution in [0.5, 0.6) is 0 Å². The molecular weight excluding hydrogens is 170 g/mol. The van der Waals surface area contributed by atoms with Crippen LogP contribution in [0.4, 0.5) is 0 Å². The molecule has 0 aliphatic carbocycles. The summed E-state index contributed by atoms with van der Waals surface area (Å²) < 4.78 is 11.1. The van der Waals surface area contributed by atoms with Gasteiger partial charge in [0.05, 0.1) is 24.3 Å². The molecule has 4 heteroatoms. The summed E-state index contributed by atoms with van der Waals surface area (Å²) >= 11 is 0. The van der Waals surface area contributed by atoms with Crippen molar-refractivity contribution in [3.8, 4) is 0 Å². The minimum atomic E-state index is 0.310. The lowest BCUT2D eigenvalue weighted by atomic mass is 9.85. The zero-order valence-corrected chi connectivity index (χ0v) is 7.13. The van der Waals surface area contributed by atoms with E-state index in [0.717, 1.165) is 19.3 Å². The fourth-order valence-electron chi connectivity index (χ4n) is 3.10. The van der Waals surface area contributed by atoms with Gasteiger partial charge in [-0.1, -0.05) is 0 Å². The Morgan fingerprint density at radius 2 is 1.62 bits per heavy atom. The van der Waals surface area contributed by atoms with Crippen LogP contribution >= 0.6 is 0 Å². The number of ether oxygens (including phenoxy) is 2. The number of fused-ring (bicyclic) bond motifs is 6. The Hall–Kier alpha value is -0.610. The molecule has 0 radical (unpaired) electrons. The van der Waals surface area contributed by atoms with Gasteiger partial charge in [-0.15, -0.1) is 0 Å². The highest BCUT2D eigenvalue weighted by Crippen LogP contribution is 2.50. The number of hydrogen-bond donors (Lipinski definition) is 0. The molecule has 0 aromatic rings.